The predicted molar refractivity (Wildman–Crippen MR) is 152 cm³/mol. The Labute approximate surface area is 227 Å². The maximum Gasteiger partial charge on any atom is 0.258 e. The maximum absolute atomic E-state index is 13.2. The zero-order valence-corrected chi connectivity index (χ0v) is 23.1. The summed E-state index contributed by atoms with van der Waals surface area (Å²) in [7, 11) is 0. The molecular weight excluding hydrogens is 498 g/mol. The summed E-state index contributed by atoms with van der Waals surface area (Å²) in [6, 6.07) is 13.9. The van der Waals surface area contributed by atoms with E-state index in [9.17, 15) is 9.59 Å². The summed E-state index contributed by atoms with van der Waals surface area (Å²) in [5.41, 5.74) is 2.82. The van der Waals surface area contributed by atoms with Gasteiger partial charge in [-0.1, -0.05) is 42.9 Å². The number of carbonyl (C=O) groups is 2. The van der Waals surface area contributed by atoms with Crippen molar-refractivity contribution in [1.82, 2.24) is 10.3 Å². The van der Waals surface area contributed by atoms with E-state index in [1.54, 1.807) is 0 Å². The number of nitrogens with one attached hydrogen (secondary N) is 2. The summed E-state index contributed by atoms with van der Waals surface area (Å²) in [4.78, 5) is 31.7. The summed E-state index contributed by atoms with van der Waals surface area (Å²) >= 11 is 2.96. The van der Waals surface area contributed by atoms with Gasteiger partial charge in [0.2, 0.25) is 5.91 Å². The Bertz CT molecular complexity index is 1280. The first-order valence-electron chi connectivity index (χ1n) is 13.7. The van der Waals surface area contributed by atoms with Crippen molar-refractivity contribution in [3.05, 3.63) is 53.6 Å². The number of aromatic nitrogens is 1. The molecule has 0 saturated heterocycles. The number of fused-ring (bicyclic) bond motifs is 1. The molecule has 0 unspecified atom stereocenters. The zero-order valence-electron chi connectivity index (χ0n) is 21.4. The number of rotatable bonds is 9. The van der Waals surface area contributed by atoms with Gasteiger partial charge in [0.15, 0.2) is 5.13 Å². The molecule has 0 aliphatic heterocycles. The normalized spacial score (nSPS) is 25.9. The minimum absolute atomic E-state index is 0.0204. The first-order valence-corrected chi connectivity index (χ1v) is 15.5. The lowest BCUT2D eigenvalue weighted by Gasteiger charge is -2.56. The molecule has 0 atom stereocenters. The standard InChI is InChI=1S/C30H35N3O2S2/c1-2-3-6-19-9-10-24-26(14-19)37-29(31-24)32-28(35)23-7-4-5-8-25(23)36-18-27(34)33-30-15-20-11-21(16-30)13-22(12-20)17-30/h4-5,7-10,14,20-22H,2-3,6,11-13,15-18H2,1H3,(H,33,34)(H,31,32,35). The van der Waals surface area contributed by atoms with Crippen LogP contribution in [0, 0.1) is 17.8 Å². The lowest BCUT2D eigenvalue weighted by molar-refractivity contribution is -0.124. The number of thioether (sulfide) groups is 1. The van der Waals surface area contributed by atoms with Crippen molar-refractivity contribution >= 4 is 50.3 Å². The van der Waals surface area contributed by atoms with Crippen LogP contribution in [0.15, 0.2) is 47.4 Å². The summed E-state index contributed by atoms with van der Waals surface area (Å²) < 4.78 is 1.09. The quantitative estimate of drug-likeness (QED) is 0.289. The molecule has 5 nitrogen and oxygen atoms in total. The smallest absolute Gasteiger partial charge is 0.258 e. The van der Waals surface area contributed by atoms with E-state index in [2.05, 4.69) is 34.7 Å². The van der Waals surface area contributed by atoms with Crippen molar-refractivity contribution in [1.29, 1.82) is 0 Å². The van der Waals surface area contributed by atoms with Crippen molar-refractivity contribution in [3.63, 3.8) is 0 Å². The van der Waals surface area contributed by atoms with E-state index in [1.807, 2.05) is 30.3 Å². The number of hydrogen-bond acceptors (Lipinski definition) is 5. The van der Waals surface area contributed by atoms with Crippen LogP contribution in [0.3, 0.4) is 0 Å². The molecule has 0 radical (unpaired) electrons. The molecule has 2 N–H and O–H groups in total. The van der Waals surface area contributed by atoms with Crippen LogP contribution in [0.2, 0.25) is 0 Å². The Morgan fingerprint density at radius 2 is 1.78 bits per heavy atom. The maximum atomic E-state index is 13.2. The van der Waals surface area contributed by atoms with Crippen LogP contribution in [-0.2, 0) is 11.2 Å². The molecule has 7 heteroatoms. The molecule has 4 saturated carbocycles. The van der Waals surface area contributed by atoms with Crippen LogP contribution in [0.5, 0.6) is 0 Å². The van der Waals surface area contributed by atoms with Gasteiger partial charge in [0.25, 0.3) is 5.91 Å². The summed E-state index contributed by atoms with van der Waals surface area (Å²) in [6.45, 7) is 2.20. The van der Waals surface area contributed by atoms with Gasteiger partial charge in [0.1, 0.15) is 0 Å². The van der Waals surface area contributed by atoms with Crippen molar-refractivity contribution in [2.24, 2.45) is 17.8 Å². The van der Waals surface area contributed by atoms with Gasteiger partial charge in [-0.2, -0.15) is 0 Å². The molecule has 4 fully saturated rings. The fourth-order valence-electron chi connectivity index (χ4n) is 7.24. The highest BCUT2D eigenvalue weighted by Crippen LogP contribution is 2.55. The third-order valence-electron chi connectivity index (χ3n) is 8.43. The second kappa shape index (κ2) is 10.4. The molecule has 3 aromatic rings. The van der Waals surface area contributed by atoms with Gasteiger partial charge in [-0.3, -0.25) is 14.9 Å². The van der Waals surface area contributed by atoms with Gasteiger partial charge in [0, 0.05) is 10.4 Å². The van der Waals surface area contributed by atoms with E-state index in [-0.39, 0.29) is 17.4 Å². The Morgan fingerprint density at radius 1 is 1.05 bits per heavy atom. The van der Waals surface area contributed by atoms with Crippen molar-refractivity contribution < 1.29 is 9.59 Å². The number of aryl methyl sites for hydroxylation is 1. The average Bonchev–Trinajstić information content (AvgIpc) is 3.26. The summed E-state index contributed by atoms with van der Waals surface area (Å²) in [5, 5.41) is 7.05. The molecule has 194 valence electrons. The molecule has 1 heterocycles. The lowest BCUT2D eigenvalue weighted by Crippen LogP contribution is -2.60. The number of anilines is 1. The summed E-state index contributed by atoms with van der Waals surface area (Å²) in [6.07, 6.45) is 10.9. The van der Waals surface area contributed by atoms with Gasteiger partial charge >= 0.3 is 0 Å². The highest BCUT2D eigenvalue weighted by Gasteiger charge is 2.51. The topological polar surface area (TPSA) is 71.1 Å². The van der Waals surface area contributed by atoms with Crippen LogP contribution in [-0.4, -0.2) is 28.1 Å². The first-order chi connectivity index (χ1) is 18.0. The van der Waals surface area contributed by atoms with Crippen molar-refractivity contribution in [2.45, 2.75) is 75.1 Å². The Kier molecular flexibility index (Phi) is 7.01. The first kappa shape index (κ1) is 24.9. The molecule has 4 aliphatic rings. The predicted octanol–water partition coefficient (Wildman–Crippen LogP) is 7.07. The number of hydrogen-bond donors (Lipinski definition) is 2. The highest BCUT2D eigenvalue weighted by atomic mass is 32.2. The van der Waals surface area contributed by atoms with E-state index in [1.165, 1.54) is 60.8 Å². The Morgan fingerprint density at radius 3 is 2.51 bits per heavy atom. The van der Waals surface area contributed by atoms with E-state index >= 15 is 0 Å². The third kappa shape index (κ3) is 5.44. The van der Waals surface area contributed by atoms with E-state index < -0.39 is 0 Å². The number of thiazole rings is 1. The Hall–Kier alpha value is -2.38. The number of nitrogens with zero attached hydrogens (tertiary/aromatic N) is 1. The zero-order chi connectivity index (χ0) is 25.4. The number of amides is 2. The second-order valence-electron chi connectivity index (χ2n) is 11.4. The minimum Gasteiger partial charge on any atom is -0.350 e. The SMILES string of the molecule is CCCCc1ccc2nc(NC(=O)c3ccccc3SCC(=O)NC34CC5CC(CC(C5)C3)C4)sc2c1. The van der Waals surface area contributed by atoms with Crippen LogP contribution in [0.1, 0.15) is 74.2 Å². The van der Waals surface area contributed by atoms with Crippen LogP contribution >= 0.6 is 23.1 Å². The van der Waals surface area contributed by atoms with Crippen LogP contribution in [0.4, 0.5) is 5.13 Å². The van der Waals surface area contributed by atoms with Gasteiger partial charge in [0.05, 0.1) is 21.5 Å². The average molecular weight is 534 g/mol. The van der Waals surface area contributed by atoms with Gasteiger partial charge in [-0.15, -0.1) is 11.8 Å². The van der Waals surface area contributed by atoms with E-state index in [4.69, 9.17) is 0 Å². The molecule has 0 spiro atoms. The van der Waals surface area contributed by atoms with Gasteiger partial charge < -0.3 is 5.32 Å². The number of carbonyl (C=O) groups excluding carboxylic acids is 2. The Balaban J connectivity index is 1.09. The third-order valence-corrected chi connectivity index (χ3v) is 10.4. The summed E-state index contributed by atoms with van der Waals surface area (Å²) in [5.74, 6) is 2.63. The second-order valence-corrected chi connectivity index (χ2v) is 13.5. The molecule has 4 bridgehead atoms. The number of benzene rings is 2. The van der Waals surface area contributed by atoms with Crippen molar-refractivity contribution in [2.75, 3.05) is 11.1 Å². The molecule has 2 amide bonds. The van der Waals surface area contributed by atoms with Crippen molar-refractivity contribution in [3.8, 4) is 0 Å². The molecule has 2 aromatic carbocycles. The highest BCUT2D eigenvalue weighted by molar-refractivity contribution is 8.00. The molecular formula is C30H35N3O2S2. The van der Waals surface area contributed by atoms with Crippen LogP contribution < -0.4 is 10.6 Å². The molecule has 37 heavy (non-hydrogen) atoms. The number of unbranched alkanes of at least 4 members (excludes halogenated alkanes) is 1. The monoisotopic (exact) mass is 533 g/mol. The van der Waals surface area contributed by atoms with E-state index in [0.717, 1.165) is 58.5 Å². The fraction of sp³-hybridized carbons (Fsp3) is 0.500. The van der Waals surface area contributed by atoms with Gasteiger partial charge in [-0.05, 0) is 98.9 Å². The van der Waals surface area contributed by atoms with Crippen LogP contribution in [0.25, 0.3) is 10.2 Å². The lowest BCUT2D eigenvalue weighted by atomic mass is 9.53. The van der Waals surface area contributed by atoms with E-state index in [0.29, 0.717) is 16.4 Å². The molecule has 1 aromatic heterocycles. The molecule has 4 aliphatic carbocycles. The minimum atomic E-state index is -0.185. The van der Waals surface area contributed by atoms with Gasteiger partial charge in [-0.25, -0.2) is 4.98 Å². The largest absolute Gasteiger partial charge is 0.350 e. The molecule has 7 rings (SSSR count). The fourth-order valence-corrected chi connectivity index (χ4v) is 9.02.